The lowest BCUT2D eigenvalue weighted by molar-refractivity contribution is -0.161. The third kappa shape index (κ3) is 70.4. The first kappa shape index (κ1) is 94.0. The van der Waals surface area contributed by atoms with Crippen molar-refractivity contribution in [1.29, 1.82) is 0 Å². The van der Waals surface area contributed by atoms with Crippen LogP contribution in [0.4, 0.5) is 0 Å². The number of hydrogen-bond donors (Lipinski definition) is 3. The molecule has 0 aliphatic rings. The van der Waals surface area contributed by atoms with Gasteiger partial charge in [-0.1, -0.05) is 279 Å². The van der Waals surface area contributed by atoms with Crippen LogP contribution in [0, 0.1) is 0 Å². The minimum Gasteiger partial charge on any atom is -0.462 e. The van der Waals surface area contributed by atoms with Crippen LogP contribution in [0.2, 0.25) is 0 Å². The van der Waals surface area contributed by atoms with Crippen molar-refractivity contribution in [3.05, 3.63) is 97.2 Å². The Balaban J connectivity index is 5.37. The van der Waals surface area contributed by atoms with Crippen LogP contribution in [0.25, 0.3) is 0 Å². The molecule has 0 spiro atoms. The molecule has 98 heavy (non-hydrogen) atoms. The molecule has 0 heterocycles. The normalized spacial score (nSPS) is 14.5. The Hall–Kier alpha value is -4.02. The number of unbranched alkanes of at least 4 members (excludes halogenated alkanes) is 30. The predicted molar refractivity (Wildman–Crippen MR) is 399 cm³/mol. The maximum atomic E-state index is 13.1. The number of phosphoric ester groups is 2. The van der Waals surface area contributed by atoms with Crippen molar-refractivity contribution in [2.75, 3.05) is 39.6 Å². The first-order valence-corrected chi connectivity index (χ1v) is 41.5. The lowest BCUT2D eigenvalue weighted by Crippen LogP contribution is -2.30. The van der Waals surface area contributed by atoms with Gasteiger partial charge in [-0.3, -0.25) is 37.3 Å². The summed E-state index contributed by atoms with van der Waals surface area (Å²) in [5.74, 6) is -2.25. The summed E-state index contributed by atoms with van der Waals surface area (Å²) in [6.07, 6.45) is 74.1. The van der Waals surface area contributed by atoms with Crippen molar-refractivity contribution < 1.29 is 80.2 Å². The molecule has 3 N–H and O–H groups in total. The molecule has 19 heteroatoms. The molecule has 0 bridgehead atoms. The SMILES string of the molecule is CC/C=C\C/C=C\C/C=C\C/C=C\C/C=C\CCCC(=O)OCC(COP(=O)(O)OCC(O)COP(=O)(O)OCC(COC(=O)CCCCCCC/C=C\C/C=C\CCCCC)OC(=O)CCCCCCC/C=C\CCCC)OC(=O)CCCCCCCCCCCCCCCCC. The number of ether oxygens (including phenoxy) is 4. The van der Waals surface area contributed by atoms with Crippen LogP contribution < -0.4 is 0 Å². The topological polar surface area (TPSA) is 237 Å². The Kier molecular flexibility index (Phi) is 68.4. The summed E-state index contributed by atoms with van der Waals surface area (Å²) in [4.78, 5) is 72.8. The highest BCUT2D eigenvalue weighted by molar-refractivity contribution is 7.47. The van der Waals surface area contributed by atoms with E-state index < -0.39 is 97.5 Å². The Morgan fingerprint density at radius 3 is 0.918 bits per heavy atom. The van der Waals surface area contributed by atoms with Crippen LogP contribution in [-0.4, -0.2) is 96.7 Å². The van der Waals surface area contributed by atoms with E-state index in [0.717, 1.165) is 141 Å². The molecular weight excluding hydrogens is 1280 g/mol. The van der Waals surface area contributed by atoms with E-state index in [1.807, 2.05) is 12.2 Å². The Morgan fingerprint density at radius 2 is 0.551 bits per heavy atom. The van der Waals surface area contributed by atoms with Gasteiger partial charge in [0.05, 0.1) is 26.4 Å². The van der Waals surface area contributed by atoms with Gasteiger partial charge in [-0.25, -0.2) is 9.13 Å². The molecule has 0 radical (unpaired) electrons. The lowest BCUT2D eigenvalue weighted by Gasteiger charge is -2.21. The maximum Gasteiger partial charge on any atom is 0.472 e. The first-order valence-electron chi connectivity index (χ1n) is 38.5. The third-order valence-electron chi connectivity index (χ3n) is 16.0. The van der Waals surface area contributed by atoms with E-state index in [1.165, 1.54) is 96.3 Å². The second kappa shape index (κ2) is 71.4. The van der Waals surface area contributed by atoms with Gasteiger partial charge in [-0.15, -0.1) is 0 Å². The number of carbonyl (C=O) groups is 4. The zero-order chi connectivity index (χ0) is 71.8. The number of hydrogen-bond acceptors (Lipinski definition) is 15. The van der Waals surface area contributed by atoms with Gasteiger partial charge < -0.3 is 33.8 Å². The van der Waals surface area contributed by atoms with Crippen LogP contribution in [-0.2, 0) is 65.4 Å². The van der Waals surface area contributed by atoms with Gasteiger partial charge in [0.25, 0.3) is 0 Å². The fourth-order valence-electron chi connectivity index (χ4n) is 10.1. The number of carbonyl (C=O) groups excluding carboxylic acids is 4. The average Bonchev–Trinajstić information content (AvgIpc) is 0.986. The molecule has 0 amide bonds. The number of rotatable bonds is 72. The largest absolute Gasteiger partial charge is 0.472 e. The molecule has 17 nitrogen and oxygen atoms in total. The Morgan fingerprint density at radius 1 is 0.296 bits per heavy atom. The Bertz CT molecular complexity index is 2240. The highest BCUT2D eigenvalue weighted by Gasteiger charge is 2.30. The molecule has 5 unspecified atom stereocenters. The van der Waals surface area contributed by atoms with Crippen molar-refractivity contribution in [2.24, 2.45) is 0 Å². The third-order valence-corrected chi connectivity index (χ3v) is 17.9. The number of phosphoric acid groups is 2. The van der Waals surface area contributed by atoms with Crippen LogP contribution in [0.5, 0.6) is 0 Å². The maximum absolute atomic E-state index is 13.1. The molecule has 0 aliphatic carbocycles. The van der Waals surface area contributed by atoms with E-state index in [-0.39, 0.29) is 25.7 Å². The summed E-state index contributed by atoms with van der Waals surface area (Å²) in [7, 11) is -9.96. The van der Waals surface area contributed by atoms with Gasteiger partial charge in [0.2, 0.25) is 0 Å². The molecule has 5 atom stereocenters. The van der Waals surface area contributed by atoms with Gasteiger partial charge in [-0.05, 0) is 116 Å². The number of esters is 4. The zero-order valence-corrected chi connectivity index (χ0v) is 63.5. The van der Waals surface area contributed by atoms with E-state index in [4.69, 9.17) is 37.0 Å². The number of allylic oxidation sites excluding steroid dienone is 16. The van der Waals surface area contributed by atoms with Crippen LogP contribution >= 0.6 is 15.6 Å². The summed E-state index contributed by atoms with van der Waals surface area (Å²) in [6, 6.07) is 0. The van der Waals surface area contributed by atoms with Crippen molar-refractivity contribution in [2.45, 2.75) is 341 Å². The summed E-state index contributed by atoms with van der Waals surface area (Å²) in [5, 5.41) is 10.6. The Labute approximate surface area is 595 Å². The molecule has 0 aliphatic heterocycles. The molecule has 0 aromatic heterocycles. The molecule has 566 valence electrons. The van der Waals surface area contributed by atoms with Crippen molar-refractivity contribution >= 4 is 39.5 Å². The van der Waals surface area contributed by atoms with Gasteiger partial charge in [0.15, 0.2) is 12.2 Å². The highest BCUT2D eigenvalue weighted by atomic mass is 31.2. The fourth-order valence-corrected chi connectivity index (χ4v) is 11.7. The second-order valence-corrected chi connectivity index (χ2v) is 28.5. The molecular formula is C79H138O17P2. The van der Waals surface area contributed by atoms with E-state index in [9.17, 15) is 43.2 Å². The van der Waals surface area contributed by atoms with Crippen LogP contribution in [0.15, 0.2) is 97.2 Å². The van der Waals surface area contributed by atoms with Crippen molar-refractivity contribution in [1.82, 2.24) is 0 Å². The van der Waals surface area contributed by atoms with Gasteiger partial charge >= 0.3 is 39.5 Å². The van der Waals surface area contributed by atoms with E-state index in [2.05, 4.69) is 113 Å². The number of aliphatic hydroxyl groups is 1. The summed E-state index contributed by atoms with van der Waals surface area (Å²) >= 11 is 0. The van der Waals surface area contributed by atoms with Crippen LogP contribution in [0.1, 0.15) is 323 Å². The second-order valence-electron chi connectivity index (χ2n) is 25.6. The summed E-state index contributed by atoms with van der Waals surface area (Å²) < 4.78 is 68.4. The lowest BCUT2D eigenvalue weighted by atomic mass is 10.0. The zero-order valence-electron chi connectivity index (χ0n) is 61.7. The van der Waals surface area contributed by atoms with Crippen LogP contribution in [0.3, 0.4) is 0 Å². The van der Waals surface area contributed by atoms with E-state index in [0.29, 0.717) is 32.1 Å². The molecule has 0 fully saturated rings. The summed E-state index contributed by atoms with van der Waals surface area (Å²) in [5.41, 5.74) is 0. The van der Waals surface area contributed by atoms with Crippen molar-refractivity contribution in [3.63, 3.8) is 0 Å². The monoisotopic (exact) mass is 1420 g/mol. The highest BCUT2D eigenvalue weighted by Crippen LogP contribution is 2.45. The molecule has 0 aromatic rings. The number of aliphatic hydroxyl groups excluding tert-OH is 1. The minimum atomic E-state index is -4.98. The fraction of sp³-hybridized carbons (Fsp3) is 0.747. The molecule has 0 saturated heterocycles. The van der Waals surface area contributed by atoms with E-state index in [1.54, 1.807) is 0 Å². The van der Waals surface area contributed by atoms with Gasteiger partial charge in [-0.2, -0.15) is 0 Å². The predicted octanol–water partition coefficient (Wildman–Crippen LogP) is 22.0. The summed E-state index contributed by atoms with van der Waals surface area (Å²) in [6.45, 7) is 4.63. The molecule has 0 rings (SSSR count). The first-order chi connectivity index (χ1) is 47.7. The van der Waals surface area contributed by atoms with Gasteiger partial charge in [0.1, 0.15) is 19.3 Å². The van der Waals surface area contributed by atoms with E-state index >= 15 is 0 Å². The standard InChI is InChI=1S/C79H138O17P2/c1-5-9-13-17-21-25-29-32-35-36-39-41-45-48-52-56-60-64-77(82)90-70-75(96-79(84)66-62-58-54-50-46-42-38-34-31-27-23-19-15-11-7-3)72-94-98(87,88)92-68-73(80)67-91-97(85,86)93-71-74(95-78(83)65-61-57-53-49-43-28-24-20-16-12-8-4)69-89-76(81)63-59-55-51-47-44-40-37-33-30-26-22-18-14-10-6-2/h9,13,20-22,24-26,32-33,35,37,39,41,48,52,73-75,80H,5-8,10-12,14-19,23,27-31,34,36,38,40,42-47,49-51,53-72H2,1-4H3,(H,85,86)(H,87,88)/b13-9-,24-20-,25-21-,26-22-,35-32-,37-33-,41-39-,52-48-. The minimum absolute atomic E-state index is 0.0809. The quantitative estimate of drug-likeness (QED) is 0.0169. The van der Waals surface area contributed by atoms with Gasteiger partial charge in [0, 0.05) is 25.7 Å². The molecule has 0 aromatic carbocycles. The molecule has 0 saturated carbocycles. The van der Waals surface area contributed by atoms with Crippen molar-refractivity contribution in [3.8, 4) is 0 Å². The average molecular weight is 1420 g/mol. The smallest absolute Gasteiger partial charge is 0.462 e.